The lowest BCUT2D eigenvalue weighted by Crippen LogP contribution is -2.26. The smallest absolute Gasteiger partial charge is 0.0512 e. The number of aliphatic imine (C=N–C) groups is 1. The average Bonchev–Trinajstić information content (AvgIpc) is 2.34. The van der Waals surface area contributed by atoms with Crippen LogP contribution in [0.1, 0.15) is 13.3 Å². The highest BCUT2D eigenvalue weighted by atomic mass is 32.2. The van der Waals surface area contributed by atoms with Gasteiger partial charge in [-0.3, -0.25) is 4.99 Å². The largest absolute Gasteiger partial charge is 0.323 e. The van der Waals surface area contributed by atoms with Crippen molar-refractivity contribution >= 4 is 17.5 Å². The van der Waals surface area contributed by atoms with Crippen LogP contribution < -0.4 is 5.73 Å². The summed E-state index contributed by atoms with van der Waals surface area (Å²) in [6.07, 6.45) is 3.23. The summed E-state index contributed by atoms with van der Waals surface area (Å²) < 4.78 is 0. The van der Waals surface area contributed by atoms with E-state index in [0.717, 1.165) is 13.0 Å². The van der Waals surface area contributed by atoms with E-state index in [1.165, 1.54) is 5.71 Å². The SMILES string of the molecule is CS[C@H]1CN=C(C(C)N)C1. The maximum absolute atomic E-state index is 5.67. The number of hydrogen-bond acceptors (Lipinski definition) is 3. The maximum atomic E-state index is 5.67. The molecule has 0 aromatic heterocycles. The Bertz CT molecular complexity index is 143. The molecule has 1 heterocycles. The van der Waals surface area contributed by atoms with Gasteiger partial charge in [0.2, 0.25) is 0 Å². The van der Waals surface area contributed by atoms with E-state index in [4.69, 9.17) is 5.73 Å². The van der Waals surface area contributed by atoms with E-state index in [1.54, 1.807) is 0 Å². The van der Waals surface area contributed by atoms with E-state index < -0.39 is 0 Å². The Morgan fingerprint density at radius 1 is 1.80 bits per heavy atom. The molecule has 0 saturated carbocycles. The third-order valence-corrected chi connectivity index (χ3v) is 2.78. The van der Waals surface area contributed by atoms with E-state index in [9.17, 15) is 0 Å². The van der Waals surface area contributed by atoms with Crippen LogP contribution in [0.4, 0.5) is 0 Å². The molecule has 0 aromatic carbocycles. The molecule has 0 aliphatic carbocycles. The van der Waals surface area contributed by atoms with Crippen LogP contribution >= 0.6 is 11.8 Å². The predicted octanol–water partition coefficient (Wildman–Crippen LogP) is 0.910. The van der Waals surface area contributed by atoms with Gasteiger partial charge in [0.1, 0.15) is 0 Å². The van der Waals surface area contributed by atoms with Crippen LogP contribution in [0.15, 0.2) is 4.99 Å². The molecule has 1 aliphatic heterocycles. The van der Waals surface area contributed by atoms with Crippen LogP contribution in [0.25, 0.3) is 0 Å². The molecule has 3 heteroatoms. The molecule has 1 aliphatic rings. The van der Waals surface area contributed by atoms with Crippen molar-refractivity contribution < 1.29 is 0 Å². The normalized spacial score (nSPS) is 28.3. The van der Waals surface area contributed by atoms with Gasteiger partial charge in [-0.05, 0) is 13.2 Å². The van der Waals surface area contributed by atoms with Gasteiger partial charge in [-0.15, -0.1) is 0 Å². The summed E-state index contributed by atoms with van der Waals surface area (Å²) in [4.78, 5) is 4.36. The molecule has 0 spiro atoms. The number of nitrogens with zero attached hydrogens (tertiary/aromatic N) is 1. The third-order valence-electron chi connectivity index (χ3n) is 1.79. The van der Waals surface area contributed by atoms with Gasteiger partial charge in [0.15, 0.2) is 0 Å². The summed E-state index contributed by atoms with van der Waals surface area (Å²) in [6, 6.07) is 0.164. The molecule has 2 atom stereocenters. The van der Waals surface area contributed by atoms with Crippen molar-refractivity contribution in [3.05, 3.63) is 0 Å². The lowest BCUT2D eigenvalue weighted by molar-refractivity contribution is 0.937. The van der Waals surface area contributed by atoms with Gasteiger partial charge in [-0.25, -0.2) is 0 Å². The quantitative estimate of drug-likeness (QED) is 0.648. The predicted molar refractivity (Wildman–Crippen MR) is 47.9 cm³/mol. The molecule has 0 aromatic rings. The molecule has 2 nitrogen and oxygen atoms in total. The first kappa shape index (κ1) is 8.08. The van der Waals surface area contributed by atoms with Crippen LogP contribution in [-0.2, 0) is 0 Å². The van der Waals surface area contributed by atoms with Gasteiger partial charge >= 0.3 is 0 Å². The molecule has 0 fully saturated rings. The molecule has 1 unspecified atom stereocenters. The van der Waals surface area contributed by atoms with E-state index >= 15 is 0 Å². The number of nitrogens with two attached hydrogens (primary N) is 1. The Morgan fingerprint density at radius 3 is 2.80 bits per heavy atom. The second-order valence-corrected chi connectivity index (χ2v) is 3.82. The van der Waals surface area contributed by atoms with Crippen molar-refractivity contribution in [1.82, 2.24) is 0 Å². The van der Waals surface area contributed by atoms with Gasteiger partial charge < -0.3 is 5.73 Å². The first-order valence-corrected chi connectivity index (χ1v) is 4.84. The van der Waals surface area contributed by atoms with Crippen LogP contribution in [0.3, 0.4) is 0 Å². The Hall–Kier alpha value is -0.0200. The number of rotatable bonds is 2. The zero-order valence-corrected chi connectivity index (χ0v) is 7.32. The molecule has 10 heavy (non-hydrogen) atoms. The van der Waals surface area contributed by atoms with Crippen molar-refractivity contribution in [2.24, 2.45) is 10.7 Å². The van der Waals surface area contributed by atoms with Crippen LogP contribution in [0, 0.1) is 0 Å². The van der Waals surface area contributed by atoms with Crippen molar-refractivity contribution in [3.63, 3.8) is 0 Å². The summed E-state index contributed by atoms with van der Waals surface area (Å²) in [6.45, 7) is 2.97. The van der Waals surface area contributed by atoms with Crippen LogP contribution in [-0.4, -0.2) is 29.8 Å². The fourth-order valence-electron chi connectivity index (χ4n) is 1.07. The standard InChI is InChI=1S/C7H14N2S/c1-5(8)7-3-6(10-2)4-9-7/h5-6H,3-4,8H2,1-2H3/t5?,6-/m1/s1. The maximum Gasteiger partial charge on any atom is 0.0512 e. The second-order valence-electron chi connectivity index (χ2n) is 2.68. The van der Waals surface area contributed by atoms with Gasteiger partial charge in [-0.2, -0.15) is 11.8 Å². The Kier molecular flexibility index (Phi) is 2.74. The lowest BCUT2D eigenvalue weighted by atomic mass is 10.1. The molecule has 2 N–H and O–H groups in total. The molecule has 0 amide bonds. The number of hydrogen-bond donors (Lipinski definition) is 1. The third kappa shape index (κ3) is 1.73. The Morgan fingerprint density at radius 2 is 2.50 bits per heavy atom. The van der Waals surface area contributed by atoms with Gasteiger partial charge in [-0.1, -0.05) is 0 Å². The van der Waals surface area contributed by atoms with Gasteiger partial charge in [0.25, 0.3) is 0 Å². The zero-order valence-electron chi connectivity index (χ0n) is 6.50. The molecule has 0 saturated heterocycles. The molecule has 58 valence electrons. The minimum Gasteiger partial charge on any atom is -0.323 e. The van der Waals surface area contributed by atoms with E-state index in [0.29, 0.717) is 5.25 Å². The average molecular weight is 158 g/mol. The number of thioether (sulfide) groups is 1. The first-order valence-electron chi connectivity index (χ1n) is 3.55. The van der Waals surface area contributed by atoms with E-state index in [2.05, 4.69) is 11.2 Å². The summed E-state index contributed by atoms with van der Waals surface area (Å²) in [5.74, 6) is 0. The van der Waals surface area contributed by atoms with Crippen molar-refractivity contribution in [1.29, 1.82) is 0 Å². The zero-order chi connectivity index (χ0) is 7.56. The molecule has 0 radical (unpaired) electrons. The monoisotopic (exact) mass is 158 g/mol. The molecular formula is C7H14N2S. The van der Waals surface area contributed by atoms with Gasteiger partial charge in [0, 0.05) is 23.4 Å². The second kappa shape index (κ2) is 3.39. The summed E-state index contributed by atoms with van der Waals surface area (Å²) in [7, 11) is 0. The minimum atomic E-state index is 0.164. The Balaban J connectivity index is 2.39. The summed E-state index contributed by atoms with van der Waals surface area (Å²) in [5.41, 5.74) is 6.87. The van der Waals surface area contributed by atoms with E-state index in [1.807, 2.05) is 18.7 Å². The minimum absolute atomic E-state index is 0.164. The molecule has 1 rings (SSSR count). The van der Waals surface area contributed by atoms with Crippen LogP contribution in [0.2, 0.25) is 0 Å². The van der Waals surface area contributed by atoms with Crippen molar-refractivity contribution in [2.75, 3.05) is 12.8 Å². The molecule has 0 bridgehead atoms. The summed E-state index contributed by atoms with van der Waals surface area (Å²) in [5, 5.41) is 0.695. The fraction of sp³-hybridized carbons (Fsp3) is 0.857. The first-order chi connectivity index (χ1) is 4.74. The lowest BCUT2D eigenvalue weighted by Gasteiger charge is -2.05. The fourth-order valence-corrected chi connectivity index (χ4v) is 1.63. The highest BCUT2D eigenvalue weighted by Gasteiger charge is 2.19. The summed E-state index contributed by atoms with van der Waals surface area (Å²) >= 11 is 1.88. The Labute approximate surface area is 66.3 Å². The molecular weight excluding hydrogens is 144 g/mol. The highest BCUT2D eigenvalue weighted by molar-refractivity contribution is 7.99. The van der Waals surface area contributed by atoms with Gasteiger partial charge in [0.05, 0.1) is 6.54 Å². The van der Waals surface area contributed by atoms with Crippen LogP contribution in [0.5, 0.6) is 0 Å². The topological polar surface area (TPSA) is 38.4 Å². The van der Waals surface area contributed by atoms with Crippen molar-refractivity contribution in [3.8, 4) is 0 Å². The highest BCUT2D eigenvalue weighted by Crippen LogP contribution is 2.18. The van der Waals surface area contributed by atoms with E-state index in [-0.39, 0.29) is 6.04 Å². The van der Waals surface area contributed by atoms with Crippen molar-refractivity contribution in [2.45, 2.75) is 24.6 Å².